The van der Waals surface area contributed by atoms with Gasteiger partial charge in [0.05, 0.1) is 24.5 Å². The Morgan fingerprint density at radius 3 is 2.83 bits per heavy atom. The lowest BCUT2D eigenvalue weighted by molar-refractivity contribution is -0.139. The van der Waals surface area contributed by atoms with Crippen LogP contribution in [0.25, 0.3) is 11.3 Å². The van der Waals surface area contributed by atoms with Gasteiger partial charge in [0.25, 0.3) is 0 Å². The van der Waals surface area contributed by atoms with Gasteiger partial charge in [-0.3, -0.25) is 14.8 Å². The number of carbonyl (C=O) groups excluding carboxylic acids is 1. The third kappa shape index (κ3) is 4.83. The molecule has 1 fully saturated rings. The normalized spacial score (nSPS) is 16.5. The zero-order chi connectivity index (χ0) is 20.9. The molecule has 1 atom stereocenters. The number of benzene rings is 2. The third-order valence-corrected chi connectivity index (χ3v) is 5.30. The van der Waals surface area contributed by atoms with Crippen molar-refractivity contribution in [1.82, 2.24) is 14.9 Å². The predicted molar refractivity (Wildman–Crippen MR) is 112 cm³/mol. The summed E-state index contributed by atoms with van der Waals surface area (Å²) in [6.07, 6.45) is 3.76. The summed E-state index contributed by atoms with van der Waals surface area (Å²) in [5, 5.41) is 0.666. The highest BCUT2D eigenvalue weighted by Crippen LogP contribution is 2.29. The molecule has 7 heteroatoms. The zero-order valence-corrected chi connectivity index (χ0v) is 17.1. The Balaban J connectivity index is 1.47. The minimum atomic E-state index is -0.416. The quantitative estimate of drug-likeness (QED) is 0.605. The summed E-state index contributed by atoms with van der Waals surface area (Å²) in [4.78, 5) is 23.4. The average molecular weight is 426 g/mol. The molecule has 2 heterocycles. The lowest BCUT2D eigenvalue weighted by atomic mass is 10.0. The molecule has 0 aliphatic carbocycles. The maximum Gasteiger partial charge on any atom is 0.223 e. The van der Waals surface area contributed by atoms with Gasteiger partial charge in [0.15, 0.2) is 0 Å². The molecule has 1 aromatic heterocycles. The number of rotatable bonds is 5. The van der Waals surface area contributed by atoms with Gasteiger partial charge in [-0.15, -0.1) is 0 Å². The largest absolute Gasteiger partial charge is 0.368 e. The minimum Gasteiger partial charge on any atom is -0.368 e. The van der Waals surface area contributed by atoms with Crippen molar-refractivity contribution in [3.63, 3.8) is 0 Å². The van der Waals surface area contributed by atoms with E-state index >= 15 is 0 Å². The van der Waals surface area contributed by atoms with E-state index in [1.54, 1.807) is 29.4 Å². The van der Waals surface area contributed by atoms with Crippen molar-refractivity contribution in [2.24, 2.45) is 0 Å². The zero-order valence-electron chi connectivity index (χ0n) is 16.3. The van der Waals surface area contributed by atoms with Gasteiger partial charge in [-0.25, -0.2) is 4.39 Å². The fourth-order valence-corrected chi connectivity index (χ4v) is 3.80. The number of nitrogens with zero attached hydrogens (tertiary/aromatic N) is 3. The topological polar surface area (TPSA) is 55.3 Å². The Labute approximate surface area is 179 Å². The molecule has 3 aromatic rings. The van der Waals surface area contributed by atoms with Crippen LogP contribution in [0.3, 0.4) is 0 Å². The second-order valence-corrected chi connectivity index (χ2v) is 7.57. The molecule has 2 aromatic carbocycles. The van der Waals surface area contributed by atoms with Crippen LogP contribution in [0.15, 0.2) is 60.9 Å². The summed E-state index contributed by atoms with van der Waals surface area (Å²) in [5.74, 6) is -0.286. The third-order valence-electron chi connectivity index (χ3n) is 5.07. The summed E-state index contributed by atoms with van der Waals surface area (Å²) in [5.41, 5.74) is 2.83. The van der Waals surface area contributed by atoms with E-state index in [-0.39, 0.29) is 11.7 Å². The van der Waals surface area contributed by atoms with Gasteiger partial charge in [-0.2, -0.15) is 0 Å². The first kappa shape index (κ1) is 20.4. The summed E-state index contributed by atoms with van der Waals surface area (Å²) in [6, 6.07) is 13.8. The van der Waals surface area contributed by atoms with E-state index in [4.69, 9.17) is 16.3 Å². The Morgan fingerprint density at radius 1 is 1.17 bits per heavy atom. The molecule has 0 bridgehead atoms. The van der Waals surface area contributed by atoms with E-state index in [2.05, 4.69) is 9.97 Å². The highest BCUT2D eigenvalue weighted by molar-refractivity contribution is 6.30. The van der Waals surface area contributed by atoms with Crippen molar-refractivity contribution >= 4 is 17.5 Å². The maximum atomic E-state index is 13.7. The molecule has 0 spiro atoms. The molecule has 0 radical (unpaired) electrons. The van der Waals surface area contributed by atoms with Crippen LogP contribution in [0.1, 0.15) is 23.8 Å². The number of aromatic nitrogens is 2. The van der Waals surface area contributed by atoms with Gasteiger partial charge >= 0.3 is 0 Å². The van der Waals surface area contributed by atoms with E-state index in [1.165, 1.54) is 12.1 Å². The van der Waals surface area contributed by atoms with E-state index in [0.29, 0.717) is 54.5 Å². The van der Waals surface area contributed by atoms with Gasteiger partial charge in [0.1, 0.15) is 11.9 Å². The molecule has 0 saturated carbocycles. The van der Waals surface area contributed by atoms with Gasteiger partial charge in [-0.1, -0.05) is 35.9 Å². The van der Waals surface area contributed by atoms with Crippen LogP contribution in [-0.2, 0) is 16.0 Å². The molecule has 1 amide bonds. The fraction of sp³-hybridized carbons (Fsp3) is 0.261. The standard InChI is InChI=1S/C23H21ClFN3O2/c24-18-5-1-3-16(13-18)7-8-21(29)28-11-12-30-20(15-28)23-22(26-9-10-27-23)17-4-2-6-19(25)14-17/h1-6,9-10,13-14,20H,7-8,11-12,15H2/t20-/m1/s1. The van der Waals surface area contributed by atoms with E-state index in [1.807, 2.05) is 24.3 Å². The van der Waals surface area contributed by atoms with Crippen molar-refractivity contribution in [3.05, 3.63) is 83.0 Å². The minimum absolute atomic E-state index is 0.0551. The van der Waals surface area contributed by atoms with Gasteiger partial charge in [-0.05, 0) is 36.2 Å². The number of hydrogen-bond donors (Lipinski definition) is 0. The van der Waals surface area contributed by atoms with E-state index in [0.717, 1.165) is 5.56 Å². The number of halogens is 2. The predicted octanol–water partition coefficient (Wildman–Crippen LogP) is 4.47. The molecular formula is C23H21ClFN3O2. The first-order chi connectivity index (χ1) is 14.6. The van der Waals surface area contributed by atoms with Crippen molar-refractivity contribution in [1.29, 1.82) is 0 Å². The second-order valence-electron chi connectivity index (χ2n) is 7.13. The Kier molecular flexibility index (Phi) is 6.35. The maximum absolute atomic E-state index is 13.7. The van der Waals surface area contributed by atoms with Gasteiger partial charge < -0.3 is 9.64 Å². The molecular weight excluding hydrogens is 405 g/mol. The molecule has 30 heavy (non-hydrogen) atoms. The van der Waals surface area contributed by atoms with Crippen LogP contribution in [0.2, 0.25) is 5.02 Å². The lowest BCUT2D eigenvalue weighted by Gasteiger charge is -2.33. The molecule has 5 nitrogen and oxygen atoms in total. The van der Waals surface area contributed by atoms with Crippen LogP contribution < -0.4 is 0 Å². The Bertz CT molecular complexity index is 1050. The van der Waals surface area contributed by atoms with Crippen molar-refractivity contribution in [3.8, 4) is 11.3 Å². The summed E-state index contributed by atoms with van der Waals surface area (Å²) in [7, 11) is 0. The van der Waals surface area contributed by atoms with Crippen molar-refractivity contribution in [2.75, 3.05) is 19.7 Å². The molecule has 0 N–H and O–H groups in total. The monoisotopic (exact) mass is 425 g/mol. The molecule has 154 valence electrons. The number of ether oxygens (including phenoxy) is 1. The van der Waals surface area contributed by atoms with Crippen LogP contribution in [0.5, 0.6) is 0 Å². The molecule has 0 unspecified atom stereocenters. The number of hydrogen-bond acceptors (Lipinski definition) is 4. The van der Waals surface area contributed by atoms with Crippen molar-refractivity contribution < 1.29 is 13.9 Å². The highest BCUT2D eigenvalue weighted by Gasteiger charge is 2.28. The SMILES string of the molecule is O=C(CCc1cccc(Cl)c1)N1CCO[C@@H](c2nccnc2-c2cccc(F)c2)C1. The highest BCUT2D eigenvalue weighted by atomic mass is 35.5. The van der Waals surface area contributed by atoms with E-state index in [9.17, 15) is 9.18 Å². The lowest BCUT2D eigenvalue weighted by Crippen LogP contribution is -2.42. The summed E-state index contributed by atoms with van der Waals surface area (Å²) < 4.78 is 19.6. The summed E-state index contributed by atoms with van der Waals surface area (Å²) >= 11 is 6.02. The smallest absolute Gasteiger partial charge is 0.223 e. The first-order valence-corrected chi connectivity index (χ1v) is 10.2. The van der Waals surface area contributed by atoms with Crippen LogP contribution in [-0.4, -0.2) is 40.5 Å². The van der Waals surface area contributed by atoms with Crippen LogP contribution in [0, 0.1) is 5.82 Å². The first-order valence-electron chi connectivity index (χ1n) is 9.81. The van der Waals surface area contributed by atoms with Gasteiger partial charge in [0, 0.05) is 35.9 Å². The van der Waals surface area contributed by atoms with Crippen LogP contribution >= 0.6 is 11.6 Å². The molecule has 1 aliphatic heterocycles. The Hall–Kier alpha value is -2.83. The average Bonchev–Trinajstić information content (AvgIpc) is 2.77. The number of carbonyl (C=O) groups is 1. The molecule has 1 saturated heterocycles. The fourth-order valence-electron chi connectivity index (χ4n) is 3.59. The van der Waals surface area contributed by atoms with Gasteiger partial charge in [0.2, 0.25) is 5.91 Å². The van der Waals surface area contributed by atoms with E-state index < -0.39 is 6.10 Å². The summed E-state index contributed by atoms with van der Waals surface area (Å²) in [6.45, 7) is 1.32. The van der Waals surface area contributed by atoms with Crippen LogP contribution in [0.4, 0.5) is 4.39 Å². The number of aryl methyl sites for hydroxylation is 1. The Morgan fingerprint density at radius 2 is 2.00 bits per heavy atom. The number of morpholine rings is 1. The number of amides is 1. The molecule has 1 aliphatic rings. The van der Waals surface area contributed by atoms with Crippen molar-refractivity contribution in [2.45, 2.75) is 18.9 Å². The second kappa shape index (κ2) is 9.32. The molecule has 4 rings (SSSR count).